The highest BCUT2D eigenvalue weighted by molar-refractivity contribution is 5.18. The number of aliphatic hydroxyl groups is 9. The first-order valence-corrected chi connectivity index (χ1v) is 21.0. The third kappa shape index (κ3) is 7.52. The molecule has 0 unspecified atom stereocenters. The Hall–Kier alpha value is -0.780. The molecule has 55 heavy (non-hydrogen) atoms. The van der Waals surface area contributed by atoms with E-state index in [4.69, 9.17) is 18.9 Å². The maximum absolute atomic E-state index is 12.2. The van der Waals surface area contributed by atoms with E-state index in [0.717, 1.165) is 25.7 Å². The fourth-order valence-electron chi connectivity index (χ4n) is 12.9. The molecule has 6 fully saturated rings. The second kappa shape index (κ2) is 16.0. The molecule has 4 aliphatic carbocycles. The third-order valence-corrected chi connectivity index (χ3v) is 16.2. The Morgan fingerprint density at radius 2 is 1.47 bits per heavy atom. The number of fused-ring (bicyclic) bond motifs is 5. The number of rotatable bonds is 10. The summed E-state index contributed by atoms with van der Waals surface area (Å²) in [7, 11) is 0. The van der Waals surface area contributed by atoms with Crippen molar-refractivity contribution in [3.8, 4) is 0 Å². The van der Waals surface area contributed by atoms with E-state index < -0.39 is 103 Å². The lowest BCUT2D eigenvalue weighted by Gasteiger charge is -2.68. The Balaban J connectivity index is 1.34. The number of allylic oxidation sites excluding steroid dienone is 2. The van der Waals surface area contributed by atoms with Crippen molar-refractivity contribution in [3.05, 3.63) is 11.6 Å². The van der Waals surface area contributed by atoms with E-state index in [1.807, 2.05) is 20.8 Å². The van der Waals surface area contributed by atoms with Crippen LogP contribution in [0.3, 0.4) is 0 Å². The quantitative estimate of drug-likeness (QED) is 0.115. The molecule has 0 aromatic heterocycles. The van der Waals surface area contributed by atoms with Crippen LogP contribution in [0.1, 0.15) is 113 Å². The van der Waals surface area contributed by atoms with Crippen molar-refractivity contribution in [1.82, 2.24) is 0 Å². The number of aliphatic hydroxyl groups excluding tert-OH is 8. The Labute approximate surface area is 327 Å². The van der Waals surface area contributed by atoms with E-state index in [-0.39, 0.29) is 35.0 Å². The summed E-state index contributed by atoms with van der Waals surface area (Å²) in [5, 5.41) is 100. The minimum Gasteiger partial charge on any atom is -0.394 e. The summed E-state index contributed by atoms with van der Waals surface area (Å²) in [4.78, 5) is 0. The molecule has 2 saturated heterocycles. The van der Waals surface area contributed by atoms with Gasteiger partial charge in [-0.1, -0.05) is 46.3 Å². The predicted octanol–water partition coefficient (Wildman–Crippen LogP) is 2.15. The van der Waals surface area contributed by atoms with Crippen molar-refractivity contribution >= 4 is 0 Å². The standard InChI is InChI=1S/C42H72O13/c1-9-20(2)11-10-14-42(8,51)22-12-15-40(6)24-18-26(36-39(4,5)28(45)13-16-41(36,7)23(24)17-25(44)29(22)40)53-38-35(33(49)31(47)27(19-43)54-38)55-37-34(50)32(48)30(46)21(3)52-37/h11,21-38,43-51H,9-10,12-19H2,1-8H3/b20-11+/t21-,22+,23+,24+,25-,26+,27+,28+,29-,30-,31+,32+,33-,34+,35+,36+,37-,38+,40+,41+,42-/m0/s1. The second-order valence-electron chi connectivity index (χ2n) is 19.8. The van der Waals surface area contributed by atoms with Crippen molar-refractivity contribution in [1.29, 1.82) is 0 Å². The van der Waals surface area contributed by atoms with E-state index in [1.165, 1.54) is 12.5 Å². The maximum atomic E-state index is 12.2. The van der Waals surface area contributed by atoms with Crippen molar-refractivity contribution in [2.24, 2.45) is 45.8 Å². The monoisotopic (exact) mass is 784 g/mol. The van der Waals surface area contributed by atoms with Gasteiger partial charge >= 0.3 is 0 Å². The van der Waals surface area contributed by atoms with Crippen LogP contribution in [-0.2, 0) is 18.9 Å². The fraction of sp³-hybridized carbons (Fsp3) is 0.952. The van der Waals surface area contributed by atoms with Crippen molar-refractivity contribution < 1.29 is 64.9 Å². The molecule has 0 amide bonds. The summed E-state index contributed by atoms with van der Waals surface area (Å²) < 4.78 is 25.0. The van der Waals surface area contributed by atoms with E-state index >= 15 is 0 Å². The van der Waals surface area contributed by atoms with Crippen LogP contribution in [0, 0.1) is 45.8 Å². The van der Waals surface area contributed by atoms with Crippen molar-refractivity contribution in [3.63, 3.8) is 0 Å². The summed E-state index contributed by atoms with van der Waals surface area (Å²) >= 11 is 0. The summed E-state index contributed by atoms with van der Waals surface area (Å²) in [5.74, 6) is -0.335. The zero-order valence-corrected chi connectivity index (χ0v) is 34.2. The van der Waals surface area contributed by atoms with E-state index in [1.54, 1.807) is 0 Å². The highest BCUT2D eigenvalue weighted by Crippen LogP contribution is 2.71. The van der Waals surface area contributed by atoms with Crippen molar-refractivity contribution in [2.75, 3.05) is 6.61 Å². The van der Waals surface area contributed by atoms with Gasteiger partial charge in [0.05, 0.1) is 36.6 Å². The smallest absolute Gasteiger partial charge is 0.187 e. The van der Waals surface area contributed by atoms with Crippen LogP contribution in [-0.4, -0.2) is 138 Å². The molecule has 13 nitrogen and oxygen atoms in total. The topological polar surface area (TPSA) is 219 Å². The highest BCUT2D eigenvalue weighted by atomic mass is 16.8. The lowest BCUT2D eigenvalue weighted by atomic mass is 9.39. The molecule has 4 saturated carbocycles. The highest BCUT2D eigenvalue weighted by Gasteiger charge is 2.69. The molecular weight excluding hydrogens is 712 g/mol. The van der Waals surface area contributed by atoms with Crippen LogP contribution in [0.25, 0.3) is 0 Å². The van der Waals surface area contributed by atoms with E-state index in [2.05, 4.69) is 33.8 Å². The minimum atomic E-state index is -1.69. The molecule has 9 N–H and O–H groups in total. The molecule has 0 aromatic rings. The number of ether oxygens (including phenoxy) is 4. The fourth-order valence-corrected chi connectivity index (χ4v) is 12.9. The predicted molar refractivity (Wildman–Crippen MR) is 201 cm³/mol. The molecule has 0 aromatic carbocycles. The molecule has 0 radical (unpaired) electrons. The molecule has 6 aliphatic rings. The average Bonchev–Trinajstić information content (AvgIpc) is 3.51. The van der Waals surface area contributed by atoms with Gasteiger partial charge in [-0.3, -0.25) is 0 Å². The van der Waals surface area contributed by atoms with Crippen LogP contribution in [0.5, 0.6) is 0 Å². The van der Waals surface area contributed by atoms with Crippen molar-refractivity contribution in [2.45, 2.75) is 199 Å². The number of hydrogen-bond acceptors (Lipinski definition) is 13. The minimum absolute atomic E-state index is 0.0642. The molecule has 318 valence electrons. The van der Waals surface area contributed by atoms with Gasteiger partial charge in [-0.25, -0.2) is 0 Å². The van der Waals surface area contributed by atoms with E-state index in [9.17, 15) is 46.0 Å². The summed E-state index contributed by atoms with van der Waals surface area (Å²) in [6.45, 7) is 15.7. The van der Waals surface area contributed by atoms with Gasteiger partial charge < -0.3 is 64.9 Å². The molecule has 2 aliphatic heterocycles. The Morgan fingerprint density at radius 3 is 2.13 bits per heavy atom. The summed E-state index contributed by atoms with van der Waals surface area (Å²) in [5.41, 5.74) is -1.07. The first-order chi connectivity index (χ1) is 25.6. The average molecular weight is 785 g/mol. The molecule has 13 heteroatoms. The molecule has 2 heterocycles. The van der Waals surface area contributed by atoms with Gasteiger partial charge in [-0.2, -0.15) is 0 Å². The summed E-state index contributed by atoms with van der Waals surface area (Å²) in [6, 6.07) is 0. The largest absolute Gasteiger partial charge is 0.394 e. The molecular formula is C42H72O13. The van der Waals surface area contributed by atoms with Gasteiger partial charge in [0.15, 0.2) is 12.6 Å². The molecule has 0 spiro atoms. The van der Waals surface area contributed by atoms with Gasteiger partial charge in [-0.15, -0.1) is 0 Å². The first-order valence-electron chi connectivity index (χ1n) is 21.0. The zero-order chi connectivity index (χ0) is 40.6. The Morgan fingerprint density at radius 1 is 0.818 bits per heavy atom. The maximum Gasteiger partial charge on any atom is 0.187 e. The molecule has 21 atom stereocenters. The van der Waals surface area contributed by atoms with Crippen LogP contribution in [0.15, 0.2) is 11.6 Å². The number of hydrogen-bond donors (Lipinski definition) is 9. The molecule has 6 rings (SSSR count). The van der Waals surface area contributed by atoms with Gasteiger partial charge in [-0.05, 0) is 124 Å². The summed E-state index contributed by atoms with van der Waals surface area (Å²) in [6.07, 6.45) is -7.68. The molecule has 0 bridgehead atoms. The SMILES string of the molecule is CC/C(C)=C/CC[C@](C)(O)[C@@H]1CC[C@@]2(C)[C@@H]1[C@@H](O)C[C@@H]1[C@H]2C[C@@H](O[C@@H]2O[C@H](CO)[C@@H](O)[C@H](O)[C@H]2O[C@@H]2O[C@@H](C)[C@H](O)[C@@H](O)[C@H]2O)[C@@H]2C(C)(C)[C@H](O)CC[C@]12C. The normalized spacial score (nSPS) is 52.5. The van der Waals surface area contributed by atoms with Gasteiger partial charge in [0.2, 0.25) is 0 Å². The van der Waals surface area contributed by atoms with Crippen LogP contribution >= 0.6 is 0 Å². The lowest BCUT2D eigenvalue weighted by Crippen LogP contribution is -2.68. The van der Waals surface area contributed by atoms with Gasteiger partial charge in [0.1, 0.15) is 42.7 Å². The van der Waals surface area contributed by atoms with Crippen LogP contribution < -0.4 is 0 Å². The lowest BCUT2D eigenvalue weighted by molar-refractivity contribution is -0.379. The van der Waals surface area contributed by atoms with Crippen LogP contribution in [0.2, 0.25) is 0 Å². The van der Waals surface area contributed by atoms with Crippen LogP contribution in [0.4, 0.5) is 0 Å². The first kappa shape index (κ1) is 43.8. The van der Waals surface area contributed by atoms with Gasteiger partial charge in [0.25, 0.3) is 0 Å². The third-order valence-electron chi connectivity index (χ3n) is 16.2. The Kier molecular flexibility index (Phi) is 12.7. The van der Waals surface area contributed by atoms with E-state index in [0.29, 0.717) is 32.1 Å². The second-order valence-corrected chi connectivity index (χ2v) is 19.8. The van der Waals surface area contributed by atoms with Gasteiger partial charge in [0, 0.05) is 0 Å². The Bertz CT molecular complexity index is 1360. The zero-order valence-electron chi connectivity index (χ0n) is 34.2.